The van der Waals surface area contributed by atoms with Gasteiger partial charge in [-0.05, 0) is 26.3 Å². The minimum atomic E-state index is -0.676. The van der Waals surface area contributed by atoms with Crippen molar-refractivity contribution in [1.82, 2.24) is 5.32 Å². The molecule has 0 bridgehead atoms. The van der Waals surface area contributed by atoms with Crippen molar-refractivity contribution in [3.8, 4) is 0 Å². The lowest BCUT2D eigenvalue weighted by Crippen LogP contribution is -2.44. The molecule has 24 heavy (non-hydrogen) atoms. The zero-order chi connectivity index (χ0) is 17.6. The van der Waals surface area contributed by atoms with E-state index in [2.05, 4.69) is 5.32 Å². The van der Waals surface area contributed by atoms with E-state index < -0.39 is 17.7 Å². The minimum Gasteiger partial charge on any atom is -0.444 e. The summed E-state index contributed by atoms with van der Waals surface area (Å²) in [6, 6.07) is 17.9. The van der Waals surface area contributed by atoms with Gasteiger partial charge in [0.1, 0.15) is 5.60 Å². The molecular formula is C20H23NO3. The number of Topliss-reactive ketones (excluding diaryl/α,β-unsaturated/α-hetero) is 1. The highest BCUT2D eigenvalue weighted by molar-refractivity contribution is 6.01. The fourth-order valence-corrected chi connectivity index (χ4v) is 2.31. The van der Waals surface area contributed by atoms with Gasteiger partial charge in [-0.3, -0.25) is 4.79 Å². The fraction of sp³-hybridized carbons (Fsp3) is 0.300. The zero-order valence-corrected chi connectivity index (χ0v) is 14.3. The van der Waals surface area contributed by atoms with Crippen LogP contribution in [0, 0.1) is 0 Å². The molecule has 0 aliphatic carbocycles. The van der Waals surface area contributed by atoms with E-state index >= 15 is 0 Å². The van der Waals surface area contributed by atoms with Crippen molar-refractivity contribution in [2.24, 2.45) is 0 Å². The number of ketones is 1. The number of alkyl carbamates (subject to hydrolysis) is 1. The Kier molecular flexibility index (Phi) is 5.74. The zero-order valence-electron chi connectivity index (χ0n) is 14.3. The summed E-state index contributed by atoms with van der Waals surface area (Å²) >= 11 is 0. The smallest absolute Gasteiger partial charge is 0.408 e. The van der Waals surface area contributed by atoms with Crippen molar-refractivity contribution >= 4 is 11.9 Å². The van der Waals surface area contributed by atoms with E-state index in [9.17, 15) is 9.59 Å². The third-order valence-corrected chi connectivity index (χ3v) is 3.35. The lowest BCUT2D eigenvalue weighted by molar-refractivity contribution is 0.0491. The van der Waals surface area contributed by atoms with Gasteiger partial charge >= 0.3 is 6.09 Å². The molecule has 1 N–H and O–H groups in total. The lowest BCUT2D eigenvalue weighted by atomic mass is 9.98. The third kappa shape index (κ3) is 5.54. The number of hydrogen-bond donors (Lipinski definition) is 1. The number of carbonyl (C=O) groups excluding carboxylic acids is 2. The Morgan fingerprint density at radius 2 is 1.50 bits per heavy atom. The van der Waals surface area contributed by atoms with E-state index in [0.29, 0.717) is 12.0 Å². The van der Waals surface area contributed by atoms with E-state index in [1.54, 1.807) is 45.0 Å². The molecule has 0 unspecified atom stereocenters. The standard InChI is InChI=1S/C20H23NO3/c1-20(2,3)24-19(23)21-17(14-15-10-6-4-7-11-15)18(22)16-12-8-5-9-13-16/h4-13,17H,14H2,1-3H3,(H,21,23)/t17-/m1/s1. The molecule has 0 saturated heterocycles. The molecule has 0 spiro atoms. The molecule has 1 atom stereocenters. The van der Waals surface area contributed by atoms with Crippen LogP contribution in [-0.2, 0) is 11.2 Å². The number of carbonyl (C=O) groups is 2. The summed E-state index contributed by atoms with van der Waals surface area (Å²) in [7, 11) is 0. The Bertz CT molecular complexity index is 675. The molecule has 0 aliphatic rings. The summed E-state index contributed by atoms with van der Waals surface area (Å²) in [6.07, 6.45) is -0.180. The van der Waals surface area contributed by atoms with Gasteiger partial charge in [-0.2, -0.15) is 0 Å². The molecule has 0 radical (unpaired) electrons. The summed E-state index contributed by atoms with van der Waals surface area (Å²) in [5, 5.41) is 2.71. The summed E-state index contributed by atoms with van der Waals surface area (Å²) in [5.41, 5.74) is 0.925. The second kappa shape index (κ2) is 7.77. The molecule has 0 heterocycles. The van der Waals surface area contributed by atoms with E-state index in [0.717, 1.165) is 5.56 Å². The van der Waals surface area contributed by atoms with Gasteiger partial charge in [0.15, 0.2) is 5.78 Å². The Labute approximate surface area is 142 Å². The second-order valence-electron chi connectivity index (χ2n) is 6.62. The molecule has 2 rings (SSSR count). The van der Waals surface area contributed by atoms with Crippen LogP contribution in [0.15, 0.2) is 60.7 Å². The highest BCUT2D eigenvalue weighted by Gasteiger charge is 2.25. The van der Waals surface area contributed by atoms with Gasteiger partial charge in [-0.15, -0.1) is 0 Å². The number of benzene rings is 2. The van der Waals surface area contributed by atoms with Gasteiger partial charge in [-0.25, -0.2) is 4.79 Å². The molecule has 0 fully saturated rings. The molecule has 126 valence electrons. The topological polar surface area (TPSA) is 55.4 Å². The summed E-state index contributed by atoms with van der Waals surface area (Å²) in [4.78, 5) is 24.9. The molecular weight excluding hydrogens is 302 g/mol. The Morgan fingerprint density at radius 1 is 0.958 bits per heavy atom. The maximum absolute atomic E-state index is 12.8. The summed E-state index contributed by atoms with van der Waals surface area (Å²) in [5.74, 6) is -0.134. The van der Waals surface area contributed by atoms with Crippen LogP contribution < -0.4 is 5.32 Å². The predicted octanol–water partition coefficient (Wildman–Crippen LogP) is 4.01. The first-order valence-electron chi connectivity index (χ1n) is 7.98. The van der Waals surface area contributed by atoms with Crippen LogP contribution in [-0.4, -0.2) is 23.5 Å². The Hall–Kier alpha value is -2.62. The minimum absolute atomic E-state index is 0.134. The van der Waals surface area contributed by atoms with Crippen LogP contribution in [0.2, 0.25) is 0 Å². The van der Waals surface area contributed by atoms with Gasteiger partial charge in [0.05, 0.1) is 6.04 Å². The van der Waals surface area contributed by atoms with Crippen molar-refractivity contribution in [1.29, 1.82) is 0 Å². The lowest BCUT2D eigenvalue weighted by Gasteiger charge is -2.23. The fourth-order valence-electron chi connectivity index (χ4n) is 2.31. The predicted molar refractivity (Wildman–Crippen MR) is 94.1 cm³/mol. The van der Waals surface area contributed by atoms with Crippen LogP contribution in [0.25, 0.3) is 0 Å². The number of amides is 1. The molecule has 0 aromatic heterocycles. The van der Waals surface area contributed by atoms with E-state index in [-0.39, 0.29) is 5.78 Å². The molecule has 1 amide bonds. The number of nitrogens with one attached hydrogen (secondary N) is 1. The normalized spacial score (nSPS) is 12.3. The third-order valence-electron chi connectivity index (χ3n) is 3.35. The molecule has 0 saturated carbocycles. The summed E-state index contributed by atoms with van der Waals surface area (Å²) in [6.45, 7) is 5.37. The maximum atomic E-state index is 12.8. The Balaban J connectivity index is 2.18. The SMILES string of the molecule is CC(C)(C)OC(=O)N[C@H](Cc1ccccc1)C(=O)c1ccccc1. The van der Waals surface area contributed by atoms with Crippen LogP contribution in [0.3, 0.4) is 0 Å². The first kappa shape index (κ1) is 17.7. The van der Waals surface area contributed by atoms with Gasteiger partial charge in [0.2, 0.25) is 0 Å². The van der Waals surface area contributed by atoms with Gasteiger partial charge in [0, 0.05) is 12.0 Å². The average molecular weight is 325 g/mol. The highest BCUT2D eigenvalue weighted by atomic mass is 16.6. The first-order chi connectivity index (χ1) is 11.3. The number of ether oxygens (including phenoxy) is 1. The molecule has 0 aliphatic heterocycles. The van der Waals surface area contributed by atoms with Crippen molar-refractivity contribution in [2.75, 3.05) is 0 Å². The first-order valence-corrected chi connectivity index (χ1v) is 7.98. The second-order valence-corrected chi connectivity index (χ2v) is 6.62. The number of rotatable bonds is 5. The quantitative estimate of drug-likeness (QED) is 0.845. The van der Waals surface area contributed by atoms with Crippen LogP contribution >= 0.6 is 0 Å². The van der Waals surface area contributed by atoms with E-state index in [1.165, 1.54) is 0 Å². The monoisotopic (exact) mass is 325 g/mol. The maximum Gasteiger partial charge on any atom is 0.408 e. The molecule has 4 heteroatoms. The van der Waals surface area contributed by atoms with Crippen molar-refractivity contribution in [3.63, 3.8) is 0 Å². The van der Waals surface area contributed by atoms with E-state index in [1.807, 2.05) is 36.4 Å². The average Bonchev–Trinajstić information content (AvgIpc) is 2.53. The van der Waals surface area contributed by atoms with Crippen molar-refractivity contribution in [2.45, 2.75) is 38.8 Å². The van der Waals surface area contributed by atoms with Gasteiger partial charge in [0.25, 0.3) is 0 Å². The van der Waals surface area contributed by atoms with Crippen LogP contribution in [0.4, 0.5) is 4.79 Å². The highest BCUT2D eigenvalue weighted by Crippen LogP contribution is 2.12. The number of hydrogen-bond acceptors (Lipinski definition) is 3. The molecule has 2 aromatic carbocycles. The van der Waals surface area contributed by atoms with Crippen molar-refractivity contribution in [3.05, 3.63) is 71.8 Å². The van der Waals surface area contributed by atoms with E-state index in [4.69, 9.17) is 4.74 Å². The van der Waals surface area contributed by atoms with Crippen LogP contribution in [0.5, 0.6) is 0 Å². The van der Waals surface area contributed by atoms with Gasteiger partial charge in [-0.1, -0.05) is 60.7 Å². The van der Waals surface area contributed by atoms with Crippen molar-refractivity contribution < 1.29 is 14.3 Å². The largest absolute Gasteiger partial charge is 0.444 e. The van der Waals surface area contributed by atoms with Crippen LogP contribution in [0.1, 0.15) is 36.7 Å². The summed E-state index contributed by atoms with van der Waals surface area (Å²) < 4.78 is 5.29. The molecule has 4 nitrogen and oxygen atoms in total. The van der Waals surface area contributed by atoms with Gasteiger partial charge < -0.3 is 10.1 Å². The Morgan fingerprint density at radius 3 is 2.04 bits per heavy atom. The molecule has 2 aromatic rings.